The Morgan fingerprint density at radius 2 is 1.92 bits per heavy atom. The smallest absolute Gasteiger partial charge is 0.212 e. The summed E-state index contributed by atoms with van der Waals surface area (Å²) in [6.07, 6.45) is 5.26. The van der Waals surface area contributed by atoms with E-state index >= 15 is 0 Å². The van der Waals surface area contributed by atoms with Gasteiger partial charge in [0.15, 0.2) is 0 Å². The van der Waals surface area contributed by atoms with E-state index in [0.29, 0.717) is 11.7 Å². The summed E-state index contributed by atoms with van der Waals surface area (Å²) in [7, 11) is 1.60. The number of aromatic nitrogens is 4. The molecule has 118 valence electrons. The number of hydrogen-bond acceptors (Lipinski definition) is 5. The van der Waals surface area contributed by atoms with Crippen LogP contribution in [0.2, 0.25) is 0 Å². The van der Waals surface area contributed by atoms with Crippen LogP contribution in [0, 0.1) is 0 Å². The molecule has 0 aliphatic rings. The van der Waals surface area contributed by atoms with Gasteiger partial charge in [0.25, 0.3) is 0 Å². The summed E-state index contributed by atoms with van der Waals surface area (Å²) in [6.45, 7) is 0. The van der Waals surface area contributed by atoms with Crippen molar-refractivity contribution in [3.63, 3.8) is 0 Å². The predicted molar refractivity (Wildman–Crippen MR) is 93.5 cm³/mol. The zero-order valence-corrected chi connectivity index (χ0v) is 13.0. The molecular weight excluding hydrogens is 302 g/mol. The first-order chi connectivity index (χ1) is 11.8. The SMILES string of the molecule is COc1ccc(-c2c(-c3ccnc(N)c3)[nH]c3cccnc23)cn1. The molecule has 4 rings (SSSR count). The zero-order chi connectivity index (χ0) is 16.5. The highest BCUT2D eigenvalue weighted by molar-refractivity contribution is 6.01. The Bertz CT molecular complexity index is 1010. The molecule has 0 fully saturated rings. The van der Waals surface area contributed by atoms with Gasteiger partial charge < -0.3 is 15.5 Å². The highest BCUT2D eigenvalue weighted by atomic mass is 16.5. The van der Waals surface area contributed by atoms with Crippen LogP contribution in [0.5, 0.6) is 5.88 Å². The maximum absolute atomic E-state index is 5.85. The van der Waals surface area contributed by atoms with Crippen LogP contribution in [-0.4, -0.2) is 27.0 Å². The van der Waals surface area contributed by atoms with Crippen LogP contribution in [0.1, 0.15) is 0 Å². The van der Waals surface area contributed by atoms with Crippen LogP contribution in [0.3, 0.4) is 0 Å². The van der Waals surface area contributed by atoms with Crippen LogP contribution >= 0.6 is 0 Å². The summed E-state index contributed by atoms with van der Waals surface area (Å²) in [5, 5.41) is 0. The van der Waals surface area contributed by atoms with Gasteiger partial charge in [-0.25, -0.2) is 9.97 Å². The Balaban J connectivity index is 1.99. The number of ether oxygens (including phenoxy) is 1. The molecule has 0 saturated heterocycles. The number of aromatic amines is 1. The molecule has 4 aromatic heterocycles. The van der Waals surface area contributed by atoms with Crippen LogP contribution < -0.4 is 10.5 Å². The minimum absolute atomic E-state index is 0.470. The van der Waals surface area contributed by atoms with Crippen LogP contribution in [-0.2, 0) is 0 Å². The molecule has 3 N–H and O–H groups in total. The second-order valence-corrected chi connectivity index (χ2v) is 5.33. The molecule has 0 aliphatic carbocycles. The Hall–Kier alpha value is -3.41. The minimum atomic E-state index is 0.470. The standard InChI is InChI=1S/C18H15N5O/c1-24-15-5-4-12(10-22-15)16-17(11-6-8-20-14(19)9-11)23-13-3-2-7-21-18(13)16/h2-10,23H,1H3,(H2,19,20). The second-order valence-electron chi connectivity index (χ2n) is 5.33. The Labute approximate surface area is 138 Å². The molecule has 24 heavy (non-hydrogen) atoms. The van der Waals surface area contributed by atoms with Gasteiger partial charge in [0.05, 0.1) is 23.8 Å². The number of nitrogen functional groups attached to an aromatic ring is 1. The molecule has 0 amide bonds. The fourth-order valence-corrected chi connectivity index (χ4v) is 2.77. The molecular formula is C18H15N5O. The molecule has 0 atom stereocenters. The molecule has 4 heterocycles. The summed E-state index contributed by atoms with van der Waals surface area (Å²) in [4.78, 5) is 16.3. The highest BCUT2D eigenvalue weighted by Crippen LogP contribution is 2.37. The number of hydrogen-bond donors (Lipinski definition) is 2. The van der Waals surface area contributed by atoms with Gasteiger partial charge >= 0.3 is 0 Å². The quantitative estimate of drug-likeness (QED) is 0.605. The average molecular weight is 317 g/mol. The van der Waals surface area contributed by atoms with Gasteiger partial charge in [0.2, 0.25) is 5.88 Å². The van der Waals surface area contributed by atoms with Gasteiger partial charge in [-0.05, 0) is 30.3 Å². The fourth-order valence-electron chi connectivity index (χ4n) is 2.77. The van der Waals surface area contributed by atoms with Gasteiger partial charge in [-0.15, -0.1) is 0 Å². The topological polar surface area (TPSA) is 89.7 Å². The van der Waals surface area contributed by atoms with Crippen molar-refractivity contribution in [3.05, 3.63) is 55.0 Å². The number of H-pyrrole nitrogens is 1. The maximum atomic E-state index is 5.85. The van der Waals surface area contributed by atoms with E-state index in [1.165, 1.54) is 0 Å². The molecule has 0 aromatic carbocycles. The summed E-state index contributed by atoms with van der Waals surface area (Å²) in [5.41, 5.74) is 11.5. The van der Waals surface area contributed by atoms with Crippen LogP contribution in [0.25, 0.3) is 33.4 Å². The first-order valence-electron chi connectivity index (χ1n) is 7.45. The van der Waals surface area contributed by atoms with E-state index in [1.54, 1.807) is 25.7 Å². The molecule has 0 radical (unpaired) electrons. The van der Waals surface area contributed by atoms with Crippen molar-refractivity contribution in [1.82, 2.24) is 19.9 Å². The fraction of sp³-hybridized carbons (Fsp3) is 0.0556. The molecule has 0 saturated carbocycles. The van der Waals surface area contributed by atoms with Crippen molar-refractivity contribution in [3.8, 4) is 28.3 Å². The average Bonchev–Trinajstić information content (AvgIpc) is 3.01. The lowest BCUT2D eigenvalue weighted by atomic mass is 10.0. The van der Waals surface area contributed by atoms with Crippen LogP contribution in [0.4, 0.5) is 5.82 Å². The third-order valence-corrected chi connectivity index (χ3v) is 3.86. The van der Waals surface area contributed by atoms with Gasteiger partial charge in [-0.1, -0.05) is 0 Å². The lowest BCUT2D eigenvalue weighted by Crippen LogP contribution is -1.91. The van der Waals surface area contributed by atoms with E-state index < -0.39 is 0 Å². The zero-order valence-electron chi connectivity index (χ0n) is 13.0. The van der Waals surface area contributed by atoms with Crippen molar-refractivity contribution in [2.75, 3.05) is 12.8 Å². The predicted octanol–water partition coefficient (Wildman–Crippen LogP) is 3.28. The normalized spacial score (nSPS) is 10.9. The number of nitrogens with two attached hydrogens (primary N) is 1. The number of anilines is 1. The van der Waals surface area contributed by atoms with Crippen molar-refractivity contribution >= 4 is 16.9 Å². The van der Waals surface area contributed by atoms with Crippen molar-refractivity contribution in [2.24, 2.45) is 0 Å². The Morgan fingerprint density at radius 3 is 2.67 bits per heavy atom. The summed E-state index contributed by atoms with van der Waals surface area (Å²) in [5.74, 6) is 1.04. The molecule has 0 unspecified atom stereocenters. The van der Waals surface area contributed by atoms with Crippen molar-refractivity contribution in [1.29, 1.82) is 0 Å². The van der Waals surface area contributed by atoms with E-state index in [4.69, 9.17) is 10.5 Å². The molecule has 4 aromatic rings. The number of pyridine rings is 3. The second kappa shape index (κ2) is 5.66. The van der Waals surface area contributed by atoms with Crippen LogP contribution in [0.15, 0.2) is 55.0 Å². The van der Waals surface area contributed by atoms with Crippen molar-refractivity contribution < 1.29 is 4.74 Å². The lowest BCUT2D eigenvalue weighted by Gasteiger charge is -2.06. The number of nitrogens with one attached hydrogen (secondary N) is 1. The monoisotopic (exact) mass is 317 g/mol. The number of rotatable bonds is 3. The van der Waals surface area contributed by atoms with E-state index in [1.807, 2.05) is 36.4 Å². The summed E-state index contributed by atoms with van der Waals surface area (Å²) >= 11 is 0. The lowest BCUT2D eigenvalue weighted by molar-refractivity contribution is 0.398. The third-order valence-electron chi connectivity index (χ3n) is 3.86. The van der Waals surface area contributed by atoms with E-state index in [0.717, 1.165) is 33.4 Å². The minimum Gasteiger partial charge on any atom is -0.481 e. The van der Waals surface area contributed by atoms with Gasteiger partial charge in [-0.3, -0.25) is 4.98 Å². The summed E-state index contributed by atoms with van der Waals surface area (Å²) in [6, 6.07) is 11.5. The Morgan fingerprint density at radius 1 is 1.00 bits per heavy atom. The largest absolute Gasteiger partial charge is 0.481 e. The van der Waals surface area contributed by atoms with Gasteiger partial charge in [-0.2, -0.15) is 0 Å². The Kier molecular flexibility index (Phi) is 3.35. The number of methoxy groups -OCH3 is 1. The van der Waals surface area contributed by atoms with Gasteiger partial charge in [0, 0.05) is 41.3 Å². The van der Waals surface area contributed by atoms with E-state index in [-0.39, 0.29) is 0 Å². The molecule has 6 nitrogen and oxygen atoms in total. The molecule has 6 heteroatoms. The molecule has 0 spiro atoms. The number of fused-ring (bicyclic) bond motifs is 1. The van der Waals surface area contributed by atoms with Gasteiger partial charge in [0.1, 0.15) is 5.82 Å². The van der Waals surface area contributed by atoms with E-state index in [2.05, 4.69) is 19.9 Å². The molecule has 0 bridgehead atoms. The number of nitrogens with zero attached hydrogens (tertiary/aromatic N) is 3. The first-order valence-corrected chi connectivity index (χ1v) is 7.45. The molecule has 0 aliphatic heterocycles. The summed E-state index contributed by atoms with van der Waals surface area (Å²) < 4.78 is 5.15. The van der Waals surface area contributed by atoms with Crippen molar-refractivity contribution in [2.45, 2.75) is 0 Å². The third kappa shape index (κ3) is 2.34. The maximum Gasteiger partial charge on any atom is 0.212 e. The first kappa shape index (κ1) is 14.2. The highest BCUT2D eigenvalue weighted by Gasteiger charge is 2.16. The van der Waals surface area contributed by atoms with E-state index in [9.17, 15) is 0 Å².